The number of aromatic hydroxyl groups is 1. The number of aliphatic imine (C=N–C) groups is 1. The van der Waals surface area contributed by atoms with E-state index >= 15 is 0 Å². The molecule has 0 saturated carbocycles. The number of rotatable bonds is 6. The summed E-state index contributed by atoms with van der Waals surface area (Å²) in [6.07, 6.45) is 0. The normalized spacial score (nSPS) is 11.3. The maximum atomic E-state index is 11.8. The number of esters is 2. The first-order valence-electron chi connectivity index (χ1n) is 6.67. The first-order valence-corrected chi connectivity index (χ1v) is 6.67. The quantitative estimate of drug-likeness (QED) is 0.490. The molecule has 0 aliphatic carbocycles. The molecule has 0 amide bonds. The zero-order valence-corrected chi connectivity index (χ0v) is 12.3. The highest BCUT2D eigenvalue weighted by Gasteiger charge is 2.29. The van der Waals surface area contributed by atoms with Gasteiger partial charge in [-0.25, -0.2) is 9.59 Å². The third-order valence-electron chi connectivity index (χ3n) is 2.64. The second-order valence-corrected chi connectivity index (χ2v) is 4.14. The van der Waals surface area contributed by atoms with Crippen LogP contribution in [0.15, 0.2) is 29.3 Å². The third-order valence-corrected chi connectivity index (χ3v) is 2.64. The fourth-order valence-corrected chi connectivity index (χ4v) is 1.69. The van der Waals surface area contributed by atoms with Crippen molar-refractivity contribution in [2.75, 3.05) is 13.2 Å². The van der Waals surface area contributed by atoms with Crippen molar-refractivity contribution in [1.82, 2.24) is 0 Å². The Morgan fingerprint density at radius 2 is 1.67 bits per heavy atom. The number of para-hydroxylation sites is 1. The predicted octanol–water partition coefficient (Wildman–Crippen LogP) is 1.70. The molecular weight excluding hydrogens is 274 g/mol. The van der Waals surface area contributed by atoms with Crippen molar-refractivity contribution < 1.29 is 24.2 Å². The maximum absolute atomic E-state index is 11.8. The van der Waals surface area contributed by atoms with E-state index in [1.54, 1.807) is 39.0 Å². The molecule has 0 radical (unpaired) electrons. The van der Waals surface area contributed by atoms with Crippen molar-refractivity contribution in [3.8, 4) is 5.75 Å². The van der Waals surface area contributed by atoms with Crippen molar-refractivity contribution in [3.05, 3.63) is 29.8 Å². The monoisotopic (exact) mass is 293 g/mol. The summed E-state index contributed by atoms with van der Waals surface area (Å²) < 4.78 is 9.66. The van der Waals surface area contributed by atoms with Gasteiger partial charge in [0, 0.05) is 11.3 Å². The highest BCUT2D eigenvalue weighted by molar-refractivity contribution is 6.06. The second kappa shape index (κ2) is 8.04. The third kappa shape index (κ3) is 4.59. The molecule has 0 bridgehead atoms. The van der Waals surface area contributed by atoms with Gasteiger partial charge in [0.05, 0.1) is 13.2 Å². The number of nitrogens with zero attached hydrogens (tertiary/aromatic N) is 1. The van der Waals surface area contributed by atoms with Gasteiger partial charge in [-0.2, -0.15) is 0 Å². The van der Waals surface area contributed by atoms with Crippen LogP contribution < -0.4 is 0 Å². The van der Waals surface area contributed by atoms with Gasteiger partial charge >= 0.3 is 11.9 Å². The van der Waals surface area contributed by atoms with Crippen molar-refractivity contribution in [3.63, 3.8) is 0 Å². The van der Waals surface area contributed by atoms with Crippen molar-refractivity contribution in [1.29, 1.82) is 0 Å². The Labute approximate surface area is 123 Å². The molecule has 0 aromatic heterocycles. The van der Waals surface area contributed by atoms with Crippen LogP contribution in [-0.4, -0.2) is 42.0 Å². The molecule has 21 heavy (non-hydrogen) atoms. The van der Waals surface area contributed by atoms with Gasteiger partial charge in [0.2, 0.25) is 6.04 Å². The van der Waals surface area contributed by atoms with E-state index < -0.39 is 18.0 Å². The molecule has 1 aromatic rings. The number of benzene rings is 1. The Balaban J connectivity index is 3.09. The zero-order valence-electron chi connectivity index (χ0n) is 12.3. The largest absolute Gasteiger partial charge is 0.507 e. The lowest BCUT2D eigenvalue weighted by Gasteiger charge is -2.12. The molecule has 0 saturated heterocycles. The topological polar surface area (TPSA) is 85.2 Å². The van der Waals surface area contributed by atoms with Gasteiger partial charge in [0.25, 0.3) is 0 Å². The smallest absolute Gasteiger partial charge is 0.342 e. The van der Waals surface area contributed by atoms with Crippen molar-refractivity contribution in [2.24, 2.45) is 4.99 Å². The van der Waals surface area contributed by atoms with Crippen LogP contribution >= 0.6 is 0 Å². The van der Waals surface area contributed by atoms with Gasteiger partial charge in [-0.05, 0) is 32.9 Å². The van der Waals surface area contributed by atoms with E-state index in [9.17, 15) is 14.7 Å². The van der Waals surface area contributed by atoms with E-state index in [4.69, 9.17) is 9.47 Å². The van der Waals surface area contributed by atoms with E-state index in [2.05, 4.69) is 4.99 Å². The minimum absolute atomic E-state index is 0.0187. The van der Waals surface area contributed by atoms with E-state index in [1.807, 2.05) is 0 Å². The van der Waals surface area contributed by atoms with Crippen LogP contribution in [-0.2, 0) is 19.1 Å². The van der Waals surface area contributed by atoms with Gasteiger partial charge in [0.15, 0.2) is 0 Å². The van der Waals surface area contributed by atoms with Gasteiger partial charge in [-0.3, -0.25) is 4.99 Å². The predicted molar refractivity (Wildman–Crippen MR) is 77.4 cm³/mol. The van der Waals surface area contributed by atoms with Crippen LogP contribution in [0.5, 0.6) is 5.75 Å². The van der Waals surface area contributed by atoms with E-state index in [0.29, 0.717) is 11.3 Å². The molecule has 0 atom stereocenters. The highest BCUT2D eigenvalue weighted by Crippen LogP contribution is 2.17. The van der Waals surface area contributed by atoms with Crippen LogP contribution in [0.3, 0.4) is 0 Å². The first kappa shape index (κ1) is 16.7. The molecule has 0 aliphatic heterocycles. The Kier molecular flexibility index (Phi) is 6.39. The molecule has 1 rings (SSSR count). The minimum Gasteiger partial charge on any atom is -0.507 e. The average Bonchev–Trinajstić information content (AvgIpc) is 2.45. The second-order valence-electron chi connectivity index (χ2n) is 4.14. The van der Waals surface area contributed by atoms with Gasteiger partial charge < -0.3 is 14.6 Å². The molecule has 114 valence electrons. The highest BCUT2D eigenvalue weighted by atomic mass is 16.6. The van der Waals surface area contributed by atoms with Gasteiger partial charge in [0.1, 0.15) is 5.75 Å². The fourth-order valence-electron chi connectivity index (χ4n) is 1.69. The number of phenolic OH excluding ortho intramolecular Hbond substituents is 1. The van der Waals surface area contributed by atoms with Crippen molar-refractivity contribution >= 4 is 17.7 Å². The summed E-state index contributed by atoms with van der Waals surface area (Å²) in [6.45, 7) is 5.15. The molecule has 0 spiro atoms. The number of hydrogen-bond donors (Lipinski definition) is 1. The van der Waals surface area contributed by atoms with Gasteiger partial charge in [-0.15, -0.1) is 0 Å². The number of ether oxygens (including phenoxy) is 2. The summed E-state index contributed by atoms with van der Waals surface area (Å²) in [5, 5.41) is 9.76. The molecular formula is C15H19NO5. The summed E-state index contributed by atoms with van der Waals surface area (Å²) in [7, 11) is 0. The summed E-state index contributed by atoms with van der Waals surface area (Å²) in [5.74, 6) is -1.53. The van der Waals surface area contributed by atoms with Crippen LogP contribution in [0.25, 0.3) is 0 Å². The molecule has 0 unspecified atom stereocenters. The lowest BCUT2D eigenvalue weighted by Crippen LogP contribution is -2.33. The standard InChI is InChI=1S/C15H19NO5/c1-4-20-14(18)13(15(19)21-5-2)16-10(3)11-8-6-7-9-12(11)17/h6-9,13,17H,4-5H2,1-3H3. The molecule has 0 heterocycles. The summed E-state index contributed by atoms with van der Waals surface area (Å²) in [6, 6.07) is 5.14. The summed E-state index contributed by atoms with van der Waals surface area (Å²) >= 11 is 0. The van der Waals surface area contributed by atoms with Crippen molar-refractivity contribution in [2.45, 2.75) is 26.8 Å². The number of carbonyl (C=O) groups excluding carboxylic acids is 2. The van der Waals surface area contributed by atoms with Crippen LogP contribution in [0.1, 0.15) is 26.3 Å². The van der Waals surface area contributed by atoms with E-state index in [-0.39, 0.29) is 19.0 Å². The molecule has 0 fully saturated rings. The molecule has 1 N–H and O–H groups in total. The summed E-state index contributed by atoms with van der Waals surface area (Å²) in [4.78, 5) is 27.7. The molecule has 6 heteroatoms. The van der Waals surface area contributed by atoms with Crippen LogP contribution in [0.4, 0.5) is 0 Å². The van der Waals surface area contributed by atoms with E-state index in [1.165, 1.54) is 6.07 Å². The Morgan fingerprint density at radius 1 is 1.14 bits per heavy atom. The number of carbonyl (C=O) groups is 2. The SMILES string of the molecule is CCOC(=O)C(N=C(C)c1ccccc1O)C(=O)OCC. The Bertz CT molecular complexity index is 521. The average molecular weight is 293 g/mol. The van der Waals surface area contributed by atoms with Crippen LogP contribution in [0, 0.1) is 0 Å². The summed E-state index contributed by atoms with van der Waals surface area (Å²) in [5.41, 5.74) is 0.787. The Morgan fingerprint density at radius 3 is 2.14 bits per heavy atom. The Hall–Kier alpha value is -2.37. The molecule has 6 nitrogen and oxygen atoms in total. The molecule has 1 aromatic carbocycles. The lowest BCUT2D eigenvalue weighted by atomic mass is 10.1. The number of phenols is 1. The van der Waals surface area contributed by atoms with Gasteiger partial charge in [-0.1, -0.05) is 12.1 Å². The minimum atomic E-state index is -1.38. The van der Waals surface area contributed by atoms with E-state index in [0.717, 1.165) is 0 Å². The number of hydrogen-bond acceptors (Lipinski definition) is 6. The molecule has 0 aliphatic rings. The lowest BCUT2D eigenvalue weighted by molar-refractivity contribution is -0.156. The zero-order chi connectivity index (χ0) is 15.8. The first-order chi connectivity index (χ1) is 10.0. The fraction of sp³-hybridized carbons (Fsp3) is 0.400. The van der Waals surface area contributed by atoms with Crippen LogP contribution in [0.2, 0.25) is 0 Å². The maximum Gasteiger partial charge on any atom is 0.342 e.